The molecule has 0 bridgehead atoms. The summed E-state index contributed by atoms with van der Waals surface area (Å²) in [4.78, 5) is 12.5. The molecule has 4 nitrogen and oxygen atoms in total. The quantitative estimate of drug-likeness (QED) is 0.237. The third-order valence-electron chi connectivity index (χ3n) is 4.96. The molecule has 162 valence electrons. The predicted octanol–water partition coefficient (Wildman–Crippen LogP) is 7.27. The fourth-order valence-corrected chi connectivity index (χ4v) is 3.71. The Hall–Kier alpha value is -3.78. The van der Waals surface area contributed by atoms with E-state index in [0.717, 1.165) is 10.9 Å². The highest BCUT2D eigenvalue weighted by atomic mass is 35.5. The molecule has 0 atom stereocenters. The Morgan fingerprint density at radius 1 is 0.909 bits per heavy atom. The van der Waals surface area contributed by atoms with Crippen LogP contribution in [0.4, 0.5) is 5.69 Å². The van der Waals surface area contributed by atoms with E-state index in [1.165, 1.54) is 11.5 Å². The summed E-state index contributed by atoms with van der Waals surface area (Å²) in [5.74, 6) is -0.0423. The van der Waals surface area contributed by atoms with Crippen molar-refractivity contribution in [2.45, 2.75) is 6.61 Å². The number of benzene rings is 4. The number of hydrogen-bond acceptors (Lipinski definition) is 3. The lowest BCUT2D eigenvalue weighted by atomic mass is 10.1. The maximum Gasteiger partial charge on any atom is 0.266 e. The van der Waals surface area contributed by atoms with Crippen molar-refractivity contribution in [3.05, 3.63) is 112 Å². The van der Waals surface area contributed by atoms with Crippen LogP contribution in [-0.4, -0.2) is 5.91 Å². The molecule has 4 rings (SSSR count). The molecule has 6 heteroatoms. The van der Waals surface area contributed by atoms with Gasteiger partial charge in [0, 0.05) is 0 Å². The highest BCUT2D eigenvalue weighted by molar-refractivity contribution is 6.34. The zero-order chi connectivity index (χ0) is 23.2. The Labute approximate surface area is 201 Å². The average Bonchev–Trinajstić information content (AvgIpc) is 2.83. The first-order valence-corrected chi connectivity index (χ1v) is 10.9. The molecule has 0 heterocycles. The maximum atomic E-state index is 12.5. The number of carbonyl (C=O) groups is 1. The van der Waals surface area contributed by atoms with Crippen LogP contribution in [-0.2, 0) is 11.4 Å². The summed E-state index contributed by atoms with van der Waals surface area (Å²) in [5.41, 5.74) is 1.98. The molecule has 0 fully saturated rings. The minimum absolute atomic E-state index is 0.0733. The topological polar surface area (TPSA) is 62.1 Å². The molecule has 0 aromatic heterocycles. The molecule has 0 unspecified atom stereocenters. The van der Waals surface area contributed by atoms with Crippen LogP contribution in [0.2, 0.25) is 10.0 Å². The van der Waals surface area contributed by atoms with Gasteiger partial charge in [-0.25, -0.2) is 0 Å². The number of rotatable bonds is 6. The molecule has 4 aromatic rings. The van der Waals surface area contributed by atoms with Crippen molar-refractivity contribution < 1.29 is 9.53 Å². The molecule has 0 radical (unpaired) electrons. The van der Waals surface area contributed by atoms with Crippen LogP contribution in [0.25, 0.3) is 16.8 Å². The number of anilines is 1. The van der Waals surface area contributed by atoms with Crippen LogP contribution in [0.1, 0.15) is 11.1 Å². The van der Waals surface area contributed by atoms with Gasteiger partial charge in [0.2, 0.25) is 0 Å². The summed E-state index contributed by atoms with van der Waals surface area (Å²) in [6.45, 7) is 0.365. The Kier molecular flexibility index (Phi) is 6.95. The van der Waals surface area contributed by atoms with Crippen molar-refractivity contribution >= 4 is 51.6 Å². The number of halogens is 2. The van der Waals surface area contributed by atoms with Gasteiger partial charge in [0.1, 0.15) is 24.0 Å². The highest BCUT2D eigenvalue weighted by Gasteiger charge is 2.12. The Bertz CT molecular complexity index is 1410. The van der Waals surface area contributed by atoms with Gasteiger partial charge < -0.3 is 10.1 Å². The van der Waals surface area contributed by atoms with Crippen molar-refractivity contribution in [3.8, 4) is 11.8 Å². The fourth-order valence-electron chi connectivity index (χ4n) is 3.28. The van der Waals surface area contributed by atoms with Crippen LogP contribution in [0.15, 0.2) is 90.5 Å². The van der Waals surface area contributed by atoms with E-state index >= 15 is 0 Å². The zero-order valence-corrected chi connectivity index (χ0v) is 18.9. The second-order valence-electron chi connectivity index (χ2n) is 7.26. The lowest BCUT2D eigenvalue weighted by molar-refractivity contribution is -0.112. The van der Waals surface area contributed by atoms with Crippen molar-refractivity contribution in [2.75, 3.05) is 5.32 Å². The number of nitrogens with zero attached hydrogens (tertiary/aromatic N) is 1. The molecule has 0 aliphatic heterocycles. The van der Waals surface area contributed by atoms with E-state index in [9.17, 15) is 10.1 Å². The Morgan fingerprint density at radius 3 is 2.42 bits per heavy atom. The van der Waals surface area contributed by atoms with Gasteiger partial charge in [0.15, 0.2) is 0 Å². The van der Waals surface area contributed by atoms with E-state index in [1.54, 1.807) is 42.5 Å². The fraction of sp³-hybridized carbons (Fsp3) is 0.0370. The van der Waals surface area contributed by atoms with Gasteiger partial charge >= 0.3 is 0 Å². The number of ether oxygens (including phenoxy) is 1. The minimum atomic E-state index is -0.557. The molecule has 0 saturated heterocycles. The molecule has 0 spiro atoms. The van der Waals surface area contributed by atoms with E-state index in [-0.39, 0.29) is 5.57 Å². The summed E-state index contributed by atoms with van der Waals surface area (Å²) in [7, 11) is 0. The number of carbonyl (C=O) groups excluding carboxylic acids is 1. The third kappa shape index (κ3) is 5.53. The largest absolute Gasteiger partial charge is 0.487 e. The molecular formula is C27H18Cl2N2O2. The Morgan fingerprint density at radius 2 is 1.67 bits per heavy atom. The van der Waals surface area contributed by atoms with E-state index in [4.69, 9.17) is 27.9 Å². The first-order chi connectivity index (χ1) is 16.0. The number of amides is 1. The molecule has 33 heavy (non-hydrogen) atoms. The lowest BCUT2D eigenvalue weighted by Gasteiger charge is -2.10. The van der Waals surface area contributed by atoms with E-state index in [2.05, 4.69) is 29.6 Å². The third-order valence-corrected chi connectivity index (χ3v) is 5.59. The van der Waals surface area contributed by atoms with E-state index in [1.807, 2.05) is 24.3 Å². The first-order valence-electron chi connectivity index (χ1n) is 10.1. The Balaban J connectivity index is 1.46. The standard InChI is InChI=1S/C27H18Cl2N2O2/c28-23-7-3-4-8-25(23)31-27(32)22(16-30)13-18-10-12-26(24(29)15-18)33-17-19-9-11-20-5-1-2-6-21(20)14-19/h1-15H,17H2,(H,31,32)/b22-13+. The number of para-hydroxylation sites is 1. The van der Waals surface area contributed by atoms with Crippen molar-refractivity contribution in [3.63, 3.8) is 0 Å². The number of hydrogen-bond donors (Lipinski definition) is 1. The molecule has 1 amide bonds. The highest BCUT2D eigenvalue weighted by Crippen LogP contribution is 2.28. The normalized spacial score (nSPS) is 11.1. The average molecular weight is 473 g/mol. The maximum absolute atomic E-state index is 12.5. The zero-order valence-electron chi connectivity index (χ0n) is 17.4. The summed E-state index contributed by atoms with van der Waals surface area (Å²) >= 11 is 12.5. The second-order valence-corrected chi connectivity index (χ2v) is 8.08. The summed E-state index contributed by atoms with van der Waals surface area (Å²) < 4.78 is 5.89. The second kappa shape index (κ2) is 10.2. The summed E-state index contributed by atoms with van der Waals surface area (Å²) in [6.07, 6.45) is 1.46. The van der Waals surface area contributed by atoms with Crippen molar-refractivity contribution in [1.82, 2.24) is 0 Å². The molecule has 0 aliphatic carbocycles. The summed E-state index contributed by atoms with van der Waals surface area (Å²) in [5, 5.41) is 15.2. The number of nitrogens with one attached hydrogen (secondary N) is 1. The molecule has 4 aromatic carbocycles. The van der Waals surface area contributed by atoms with Crippen molar-refractivity contribution in [1.29, 1.82) is 5.26 Å². The van der Waals surface area contributed by atoms with Gasteiger partial charge in [-0.15, -0.1) is 0 Å². The van der Waals surface area contributed by atoms with E-state index < -0.39 is 5.91 Å². The van der Waals surface area contributed by atoms with Gasteiger partial charge in [0.25, 0.3) is 5.91 Å². The summed E-state index contributed by atoms with van der Waals surface area (Å²) in [6, 6.07) is 28.1. The van der Waals surface area contributed by atoms with Crippen LogP contribution < -0.4 is 10.1 Å². The molecular weight excluding hydrogens is 455 g/mol. The molecule has 1 N–H and O–H groups in total. The van der Waals surface area contributed by atoms with Crippen molar-refractivity contribution in [2.24, 2.45) is 0 Å². The van der Waals surface area contributed by atoms with Crippen LogP contribution in [0, 0.1) is 11.3 Å². The van der Waals surface area contributed by atoms with Crippen LogP contribution in [0.3, 0.4) is 0 Å². The van der Waals surface area contributed by atoms with Crippen LogP contribution >= 0.6 is 23.2 Å². The molecule has 0 saturated carbocycles. The van der Waals surface area contributed by atoms with Gasteiger partial charge in [-0.3, -0.25) is 4.79 Å². The smallest absolute Gasteiger partial charge is 0.266 e. The monoisotopic (exact) mass is 472 g/mol. The predicted molar refractivity (Wildman–Crippen MR) is 133 cm³/mol. The van der Waals surface area contributed by atoms with Gasteiger partial charge in [-0.2, -0.15) is 5.26 Å². The number of fused-ring (bicyclic) bond motifs is 1. The minimum Gasteiger partial charge on any atom is -0.487 e. The molecule has 0 aliphatic rings. The SMILES string of the molecule is N#C/C(=C\c1ccc(OCc2ccc3ccccc3c2)c(Cl)c1)C(=O)Nc1ccccc1Cl. The number of nitriles is 1. The van der Waals surface area contributed by atoms with Crippen LogP contribution in [0.5, 0.6) is 5.75 Å². The van der Waals surface area contributed by atoms with Gasteiger partial charge in [-0.05, 0) is 58.3 Å². The van der Waals surface area contributed by atoms with Gasteiger partial charge in [0.05, 0.1) is 15.7 Å². The lowest BCUT2D eigenvalue weighted by Crippen LogP contribution is -2.13. The van der Waals surface area contributed by atoms with E-state index in [0.29, 0.717) is 33.7 Å². The first kappa shape index (κ1) is 22.4. The van der Waals surface area contributed by atoms with Gasteiger partial charge in [-0.1, -0.05) is 77.8 Å².